The van der Waals surface area contributed by atoms with E-state index in [4.69, 9.17) is 9.73 Å². The van der Waals surface area contributed by atoms with E-state index >= 15 is 0 Å². The third kappa shape index (κ3) is 5.92. The van der Waals surface area contributed by atoms with Gasteiger partial charge in [-0.1, -0.05) is 24.3 Å². The van der Waals surface area contributed by atoms with Crippen molar-refractivity contribution in [1.29, 1.82) is 0 Å². The summed E-state index contributed by atoms with van der Waals surface area (Å²) in [7, 11) is 1.74. The maximum Gasteiger partial charge on any atom is 0.191 e. The van der Waals surface area contributed by atoms with Gasteiger partial charge in [0.25, 0.3) is 0 Å². The van der Waals surface area contributed by atoms with Crippen molar-refractivity contribution in [2.45, 2.75) is 39.2 Å². The molecule has 0 saturated carbocycles. The fourth-order valence-electron chi connectivity index (χ4n) is 4.89. The van der Waals surface area contributed by atoms with Gasteiger partial charge in [0.2, 0.25) is 0 Å². The van der Waals surface area contributed by atoms with Crippen LogP contribution >= 0.6 is 0 Å². The van der Waals surface area contributed by atoms with Crippen LogP contribution in [-0.4, -0.2) is 52.3 Å². The predicted molar refractivity (Wildman–Crippen MR) is 139 cm³/mol. The molecule has 2 heterocycles. The first-order valence-corrected chi connectivity index (χ1v) is 12.5. The SMILES string of the molecule is CCNC(=NCC1CCN(c2ccccc2OC)C1)NC(C)c1cccc(N2CCCC2)c1. The summed E-state index contributed by atoms with van der Waals surface area (Å²) < 4.78 is 5.56. The molecule has 0 spiro atoms. The van der Waals surface area contributed by atoms with Crippen LogP contribution in [-0.2, 0) is 0 Å². The minimum absolute atomic E-state index is 0.194. The minimum Gasteiger partial charge on any atom is -0.495 e. The van der Waals surface area contributed by atoms with Crippen LogP contribution in [0.1, 0.15) is 44.7 Å². The molecule has 33 heavy (non-hydrogen) atoms. The van der Waals surface area contributed by atoms with Crippen molar-refractivity contribution in [1.82, 2.24) is 10.6 Å². The van der Waals surface area contributed by atoms with Crippen LogP contribution < -0.4 is 25.2 Å². The topological polar surface area (TPSA) is 52.1 Å². The molecule has 2 fully saturated rings. The van der Waals surface area contributed by atoms with Gasteiger partial charge in [0.15, 0.2) is 5.96 Å². The molecule has 2 aliphatic heterocycles. The van der Waals surface area contributed by atoms with E-state index < -0.39 is 0 Å². The second-order valence-corrected chi connectivity index (χ2v) is 9.15. The Labute approximate surface area is 199 Å². The summed E-state index contributed by atoms with van der Waals surface area (Å²) in [5, 5.41) is 7.06. The molecule has 2 aromatic rings. The Morgan fingerprint density at radius 2 is 1.91 bits per heavy atom. The second-order valence-electron chi connectivity index (χ2n) is 9.15. The van der Waals surface area contributed by atoms with Gasteiger partial charge in [0.1, 0.15) is 5.75 Å². The lowest BCUT2D eigenvalue weighted by Crippen LogP contribution is -2.39. The third-order valence-corrected chi connectivity index (χ3v) is 6.76. The van der Waals surface area contributed by atoms with Crippen molar-refractivity contribution in [2.24, 2.45) is 10.9 Å². The maximum absolute atomic E-state index is 5.56. The van der Waals surface area contributed by atoms with E-state index in [1.807, 2.05) is 12.1 Å². The van der Waals surface area contributed by atoms with Crippen LogP contribution in [0.3, 0.4) is 0 Å². The standard InChI is InChI=1S/C27H39N5O/c1-4-28-27(30-21(2)23-10-9-11-24(18-23)31-15-7-8-16-31)29-19-22-14-17-32(20-22)25-12-5-6-13-26(25)33-3/h5-6,9-13,18,21-22H,4,7-8,14-17,19-20H2,1-3H3,(H2,28,29,30). The number of para-hydroxylation sites is 2. The molecule has 0 aromatic heterocycles. The number of ether oxygens (including phenoxy) is 1. The number of hydrogen-bond donors (Lipinski definition) is 2. The number of hydrogen-bond acceptors (Lipinski definition) is 4. The largest absolute Gasteiger partial charge is 0.495 e. The minimum atomic E-state index is 0.194. The molecule has 2 atom stereocenters. The average Bonchev–Trinajstić information content (AvgIpc) is 3.55. The van der Waals surface area contributed by atoms with E-state index in [2.05, 4.69) is 70.7 Å². The van der Waals surface area contributed by atoms with Crippen molar-refractivity contribution in [3.63, 3.8) is 0 Å². The van der Waals surface area contributed by atoms with Gasteiger partial charge in [-0.2, -0.15) is 0 Å². The monoisotopic (exact) mass is 449 g/mol. The van der Waals surface area contributed by atoms with Crippen LogP contribution in [0.25, 0.3) is 0 Å². The lowest BCUT2D eigenvalue weighted by Gasteiger charge is -2.22. The van der Waals surface area contributed by atoms with E-state index in [0.29, 0.717) is 5.92 Å². The van der Waals surface area contributed by atoms with Crippen LogP contribution in [0, 0.1) is 5.92 Å². The number of nitrogens with one attached hydrogen (secondary N) is 2. The van der Waals surface area contributed by atoms with Gasteiger partial charge >= 0.3 is 0 Å². The molecule has 0 radical (unpaired) electrons. The van der Waals surface area contributed by atoms with Crippen LogP contribution in [0.4, 0.5) is 11.4 Å². The normalized spacial score (nSPS) is 19.6. The summed E-state index contributed by atoms with van der Waals surface area (Å²) in [5.41, 5.74) is 3.82. The Morgan fingerprint density at radius 1 is 1.09 bits per heavy atom. The molecule has 0 aliphatic carbocycles. The fourth-order valence-corrected chi connectivity index (χ4v) is 4.89. The second kappa shape index (κ2) is 11.3. The van der Waals surface area contributed by atoms with Crippen molar-refractivity contribution in [2.75, 3.05) is 56.2 Å². The number of aliphatic imine (C=N–C) groups is 1. The molecule has 2 unspecified atom stereocenters. The number of guanidine groups is 1. The van der Waals surface area contributed by atoms with Gasteiger partial charge in [-0.05, 0) is 68.9 Å². The molecule has 178 valence electrons. The predicted octanol–water partition coefficient (Wildman–Crippen LogP) is 4.44. The zero-order valence-electron chi connectivity index (χ0n) is 20.4. The summed E-state index contributed by atoms with van der Waals surface area (Å²) in [6.07, 6.45) is 3.74. The highest BCUT2D eigenvalue weighted by molar-refractivity contribution is 5.80. The third-order valence-electron chi connectivity index (χ3n) is 6.76. The number of anilines is 2. The summed E-state index contributed by atoms with van der Waals surface area (Å²) in [6, 6.07) is 17.4. The van der Waals surface area contributed by atoms with Crippen molar-refractivity contribution >= 4 is 17.3 Å². The van der Waals surface area contributed by atoms with E-state index in [0.717, 1.165) is 44.3 Å². The van der Waals surface area contributed by atoms with Gasteiger partial charge in [0, 0.05) is 45.0 Å². The van der Waals surface area contributed by atoms with Crippen LogP contribution in [0.5, 0.6) is 5.75 Å². The number of benzene rings is 2. The van der Waals surface area contributed by atoms with Gasteiger partial charge in [-0.15, -0.1) is 0 Å². The summed E-state index contributed by atoms with van der Waals surface area (Å²) in [6.45, 7) is 10.4. The molecule has 6 nitrogen and oxygen atoms in total. The molecular formula is C27H39N5O. The molecule has 2 aromatic carbocycles. The highest BCUT2D eigenvalue weighted by atomic mass is 16.5. The Hall–Kier alpha value is -2.89. The fraction of sp³-hybridized carbons (Fsp3) is 0.519. The highest BCUT2D eigenvalue weighted by Crippen LogP contribution is 2.32. The van der Waals surface area contributed by atoms with E-state index in [1.54, 1.807) is 7.11 Å². The highest BCUT2D eigenvalue weighted by Gasteiger charge is 2.24. The van der Waals surface area contributed by atoms with Gasteiger partial charge in [-0.25, -0.2) is 0 Å². The summed E-state index contributed by atoms with van der Waals surface area (Å²) in [5.74, 6) is 2.38. The molecule has 2 saturated heterocycles. The lowest BCUT2D eigenvalue weighted by molar-refractivity contribution is 0.414. The smallest absolute Gasteiger partial charge is 0.191 e. The summed E-state index contributed by atoms with van der Waals surface area (Å²) in [4.78, 5) is 9.87. The molecule has 2 aliphatic rings. The molecule has 2 N–H and O–H groups in total. The van der Waals surface area contributed by atoms with E-state index in [-0.39, 0.29) is 6.04 Å². The van der Waals surface area contributed by atoms with E-state index in [9.17, 15) is 0 Å². The first-order valence-electron chi connectivity index (χ1n) is 12.5. The van der Waals surface area contributed by atoms with Gasteiger partial charge in [-0.3, -0.25) is 4.99 Å². The Bertz CT molecular complexity index is 924. The zero-order valence-corrected chi connectivity index (χ0v) is 20.4. The van der Waals surface area contributed by atoms with Gasteiger partial charge in [0.05, 0.1) is 18.8 Å². The molecule has 6 heteroatoms. The molecular weight excluding hydrogens is 410 g/mol. The quantitative estimate of drug-likeness (QED) is 0.461. The van der Waals surface area contributed by atoms with Crippen LogP contribution in [0.15, 0.2) is 53.5 Å². The molecule has 4 rings (SSSR count). The number of rotatable bonds is 8. The molecule has 0 amide bonds. The molecule has 0 bridgehead atoms. The number of methoxy groups -OCH3 is 1. The van der Waals surface area contributed by atoms with Crippen molar-refractivity contribution in [3.05, 3.63) is 54.1 Å². The lowest BCUT2D eigenvalue weighted by atomic mass is 10.1. The first kappa shape index (κ1) is 23.3. The average molecular weight is 450 g/mol. The zero-order chi connectivity index (χ0) is 23.0. The van der Waals surface area contributed by atoms with Gasteiger partial charge < -0.3 is 25.2 Å². The van der Waals surface area contributed by atoms with Crippen molar-refractivity contribution in [3.8, 4) is 5.75 Å². The maximum atomic E-state index is 5.56. The van der Waals surface area contributed by atoms with Crippen molar-refractivity contribution < 1.29 is 4.74 Å². The first-order chi connectivity index (χ1) is 16.2. The summed E-state index contributed by atoms with van der Waals surface area (Å²) >= 11 is 0. The Balaban J connectivity index is 1.36. The Morgan fingerprint density at radius 3 is 2.70 bits per heavy atom. The Kier molecular flexibility index (Phi) is 7.97. The van der Waals surface area contributed by atoms with E-state index in [1.165, 1.54) is 42.9 Å². The van der Waals surface area contributed by atoms with Crippen LogP contribution in [0.2, 0.25) is 0 Å². The number of nitrogens with zero attached hydrogens (tertiary/aromatic N) is 3.